The van der Waals surface area contributed by atoms with Gasteiger partial charge in [-0.3, -0.25) is 20.2 Å². The van der Waals surface area contributed by atoms with Crippen LogP contribution >= 0.6 is 0 Å². The van der Waals surface area contributed by atoms with Crippen molar-refractivity contribution in [3.63, 3.8) is 0 Å². The van der Waals surface area contributed by atoms with Gasteiger partial charge in [0.2, 0.25) is 11.8 Å². The van der Waals surface area contributed by atoms with Gasteiger partial charge in [-0.15, -0.1) is 0 Å². The molecule has 1 fully saturated rings. The van der Waals surface area contributed by atoms with Crippen molar-refractivity contribution < 1.29 is 14.4 Å². The standard InChI is InChI=1S/C24H22N4O3/c29-22-20(23(30)28-24(31)27-22)15-16-11-13-17(14-12-16)21(25-18-7-3-1-4-8-18)26-19-9-5-2-6-10-19/h1-13,20,25-26H,14-15H2,(H2,27,28,29,30,31). The molecule has 7 heteroatoms. The summed E-state index contributed by atoms with van der Waals surface area (Å²) in [7, 11) is 0. The number of allylic oxidation sites excluding steroid dienone is 5. The zero-order valence-electron chi connectivity index (χ0n) is 16.7. The van der Waals surface area contributed by atoms with Crippen LogP contribution < -0.4 is 21.3 Å². The number of carbonyl (C=O) groups is 3. The SMILES string of the molecule is O=C1NC(=O)C(CC2=CCC(=C(Nc3ccccc3)Nc3ccccc3)C=C2)C(=O)N1. The lowest BCUT2D eigenvalue weighted by Gasteiger charge is -2.22. The number of nitrogens with one attached hydrogen (secondary N) is 4. The van der Waals surface area contributed by atoms with Crippen molar-refractivity contribution in [3.05, 3.63) is 95.9 Å². The molecule has 4 rings (SSSR count). The quantitative estimate of drug-likeness (QED) is 0.541. The van der Waals surface area contributed by atoms with Crippen molar-refractivity contribution in [1.82, 2.24) is 10.6 Å². The third-order valence-corrected chi connectivity index (χ3v) is 5.04. The summed E-state index contributed by atoms with van der Waals surface area (Å²) in [5.41, 5.74) is 3.81. The van der Waals surface area contributed by atoms with Gasteiger partial charge in [0.15, 0.2) is 0 Å². The number of hydrogen-bond acceptors (Lipinski definition) is 5. The first kappa shape index (κ1) is 20.2. The third kappa shape index (κ3) is 5.08. The molecule has 0 spiro atoms. The van der Waals surface area contributed by atoms with Gasteiger partial charge in [0.1, 0.15) is 11.7 Å². The zero-order valence-corrected chi connectivity index (χ0v) is 16.7. The lowest BCUT2D eigenvalue weighted by atomic mass is 9.92. The maximum Gasteiger partial charge on any atom is 0.328 e. The van der Waals surface area contributed by atoms with Crippen LogP contribution in [0.3, 0.4) is 0 Å². The van der Waals surface area contributed by atoms with Gasteiger partial charge in [-0.2, -0.15) is 0 Å². The van der Waals surface area contributed by atoms with Gasteiger partial charge in [0, 0.05) is 11.4 Å². The van der Waals surface area contributed by atoms with E-state index >= 15 is 0 Å². The monoisotopic (exact) mass is 414 g/mol. The van der Waals surface area contributed by atoms with E-state index in [0.29, 0.717) is 6.42 Å². The zero-order chi connectivity index (χ0) is 21.6. The van der Waals surface area contributed by atoms with E-state index in [-0.39, 0.29) is 6.42 Å². The summed E-state index contributed by atoms with van der Waals surface area (Å²) >= 11 is 0. The lowest BCUT2D eigenvalue weighted by Crippen LogP contribution is -2.55. The van der Waals surface area contributed by atoms with Crippen LogP contribution in [0.2, 0.25) is 0 Å². The molecule has 1 aliphatic heterocycles. The van der Waals surface area contributed by atoms with E-state index in [1.165, 1.54) is 0 Å². The predicted octanol–water partition coefficient (Wildman–Crippen LogP) is 3.68. The van der Waals surface area contributed by atoms with Gasteiger partial charge in [-0.1, -0.05) is 60.2 Å². The number of carbonyl (C=O) groups excluding carboxylic acids is 3. The van der Waals surface area contributed by atoms with E-state index in [1.807, 2.05) is 78.9 Å². The number of hydrogen-bond donors (Lipinski definition) is 4. The Hall–Kier alpha value is -4.13. The van der Waals surface area contributed by atoms with E-state index < -0.39 is 23.8 Å². The van der Waals surface area contributed by atoms with Crippen molar-refractivity contribution in [3.8, 4) is 0 Å². The van der Waals surface area contributed by atoms with Crippen molar-refractivity contribution >= 4 is 29.2 Å². The number of para-hydroxylation sites is 2. The van der Waals surface area contributed by atoms with Gasteiger partial charge in [-0.05, 0) is 42.7 Å². The summed E-state index contributed by atoms with van der Waals surface area (Å²) in [5.74, 6) is -1.20. The van der Waals surface area contributed by atoms with Gasteiger partial charge < -0.3 is 10.6 Å². The average molecular weight is 414 g/mol. The Morgan fingerprint density at radius 1 is 0.806 bits per heavy atom. The molecule has 31 heavy (non-hydrogen) atoms. The van der Waals surface area contributed by atoms with E-state index in [2.05, 4.69) is 21.3 Å². The molecule has 0 bridgehead atoms. The number of anilines is 2. The number of urea groups is 1. The molecular weight excluding hydrogens is 392 g/mol. The Kier molecular flexibility index (Phi) is 5.93. The van der Waals surface area contributed by atoms with Gasteiger partial charge in [-0.25, -0.2) is 4.79 Å². The van der Waals surface area contributed by atoms with Crippen molar-refractivity contribution in [2.24, 2.45) is 5.92 Å². The molecule has 7 nitrogen and oxygen atoms in total. The van der Waals surface area contributed by atoms with E-state index in [9.17, 15) is 14.4 Å². The molecule has 0 atom stereocenters. The number of rotatable bonds is 6. The fourth-order valence-corrected chi connectivity index (χ4v) is 3.41. The van der Waals surface area contributed by atoms with Crippen LogP contribution in [0.1, 0.15) is 12.8 Å². The molecule has 2 aromatic rings. The molecule has 0 aromatic heterocycles. The Morgan fingerprint density at radius 2 is 1.35 bits per heavy atom. The van der Waals surface area contributed by atoms with Crippen molar-refractivity contribution in [2.75, 3.05) is 10.6 Å². The maximum absolute atomic E-state index is 12.0. The largest absolute Gasteiger partial charge is 0.342 e. The van der Waals surface area contributed by atoms with Crippen molar-refractivity contribution in [2.45, 2.75) is 12.8 Å². The average Bonchev–Trinajstić information content (AvgIpc) is 2.78. The first-order valence-corrected chi connectivity index (χ1v) is 9.98. The van der Waals surface area contributed by atoms with Crippen molar-refractivity contribution in [1.29, 1.82) is 0 Å². The number of imide groups is 2. The Morgan fingerprint density at radius 3 is 1.84 bits per heavy atom. The van der Waals surface area contributed by atoms with E-state index in [0.717, 1.165) is 28.3 Å². The van der Waals surface area contributed by atoms with Crippen LogP contribution in [0, 0.1) is 5.92 Å². The smallest absolute Gasteiger partial charge is 0.328 e. The summed E-state index contributed by atoms with van der Waals surface area (Å²) < 4.78 is 0. The second kappa shape index (κ2) is 9.13. The first-order valence-electron chi connectivity index (χ1n) is 9.98. The molecule has 1 aliphatic carbocycles. The summed E-state index contributed by atoms with van der Waals surface area (Å²) in [6.45, 7) is 0. The predicted molar refractivity (Wildman–Crippen MR) is 119 cm³/mol. The Balaban J connectivity index is 1.52. The number of amides is 4. The molecule has 0 saturated carbocycles. The van der Waals surface area contributed by atoms with Crippen LogP contribution in [0.5, 0.6) is 0 Å². The maximum atomic E-state index is 12.0. The fraction of sp³-hybridized carbons (Fsp3) is 0.125. The number of barbiturate groups is 1. The molecule has 1 heterocycles. The van der Waals surface area contributed by atoms with Gasteiger partial charge in [0.05, 0.1) is 0 Å². The molecule has 0 radical (unpaired) electrons. The summed E-state index contributed by atoms with van der Waals surface area (Å²) in [4.78, 5) is 35.2. The molecular formula is C24H22N4O3. The molecule has 156 valence electrons. The lowest BCUT2D eigenvalue weighted by molar-refractivity contribution is -0.135. The summed E-state index contributed by atoms with van der Waals surface area (Å²) in [6, 6.07) is 19.0. The first-order chi connectivity index (χ1) is 15.1. The molecule has 2 aliphatic rings. The highest BCUT2D eigenvalue weighted by atomic mass is 16.2. The fourth-order valence-electron chi connectivity index (χ4n) is 3.41. The van der Waals surface area contributed by atoms with Crippen LogP contribution in [0.25, 0.3) is 0 Å². The highest BCUT2D eigenvalue weighted by Gasteiger charge is 2.34. The van der Waals surface area contributed by atoms with Crippen LogP contribution in [0.4, 0.5) is 16.2 Å². The van der Waals surface area contributed by atoms with Crippen LogP contribution in [-0.4, -0.2) is 17.8 Å². The second-order valence-electron chi connectivity index (χ2n) is 7.26. The van der Waals surface area contributed by atoms with E-state index in [1.54, 1.807) is 0 Å². The summed E-state index contributed by atoms with van der Waals surface area (Å²) in [5, 5.41) is 11.2. The summed E-state index contributed by atoms with van der Waals surface area (Å²) in [6.07, 6.45) is 6.72. The minimum atomic E-state index is -0.913. The molecule has 4 N–H and O–H groups in total. The van der Waals surface area contributed by atoms with E-state index in [4.69, 9.17) is 0 Å². The van der Waals surface area contributed by atoms with Crippen LogP contribution in [0.15, 0.2) is 95.9 Å². The van der Waals surface area contributed by atoms with Crippen LogP contribution in [-0.2, 0) is 9.59 Å². The number of benzene rings is 2. The Bertz CT molecular complexity index is 1020. The molecule has 1 saturated heterocycles. The molecule has 4 amide bonds. The van der Waals surface area contributed by atoms with Gasteiger partial charge in [0.25, 0.3) is 0 Å². The third-order valence-electron chi connectivity index (χ3n) is 5.04. The topological polar surface area (TPSA) is 99.3 Å². The second-order valence-corrected chi connectivity index (χ2v) is 7.26. The minimum Gasteiger partial charge on any atom is -0.342 e. The Labute approximate surface area is 179 Å². The minimum absolute atomic E-state index is 0.238. The highest BCUT2D eigenvalue weighted by molar-refractivity contribution is 6.16. The van der Waals surface area contributed by atoms with Gasteiger partial charge >= 0.3 is 6.03 Å². The molecule has 0 unspecified atom stereocenters. The highest BCUT2D eigenvalue weighted by Crippen LogP contribution is 2.26. The normalized spacial score (nSPS) is 16.3. The molecule has 2 aromatic carbocycles.